The summed E-state index contributed by atoms with van der Waals surface area (Å²) in [6.07, 6.45) is 0.603. The van der Waals surface area contributed by atoms with Crippen LogP contribution in [-0.2, 0) is 0 Å². The summed E-state index contributed by atoms with van der Waals surface area (Å²) in [5.74, 6) is 0.538. The molecule has 1 fully saturated rings. The quantitative estimate of drug-likeness (QED) is 0.423. The second-order valence-corrected chi connectivity index (χ2v) is 8.07. The number of nitrogens with one attached hydrogen (secondary N) is 3. The number of fused-ring (bicyclic) bond motifs is 1. The maximum absolute atomic E-state index is 13.4. The van der Waals surface area contributed by atoms with E-state index < -0.39 is 6.10 Å². The van der Waals surface area contributed by atoms with Crippen LogP contribution < -0.4 is 14.5 Å². The van der Waals surface area contributed by atoms with Crippen LogP contribution in [0.5, 0.6) is 5.75 Å². The van der Waals surface area contributed by atoms with E-state index in [0.717, 1.165) is 54.9 Å². The van der Waals surface area contributed by atoms with Crippen molar-refractivity contribution in [1.29, 1.82) is 0 Å². The van der Waals surface area contributed by atoms with Crippen LogP contribution in [-0.4, -0.2) is 61.8 Å². The molecule has 1 saturated heterocycles. The zero-order valence-electron chi connectivity index (χ0n) is 17.7. The number of aromatic amines is 1. The Morgan fingerprint density at radius 1 is 1.10 bits per heavy atom. The molecular formula is C24H31N3O3+2. The first-order valence-corrected chi connectivity index (χ1v) is 10.7. The number of Topliss-reactive ketones (excluding diaryl/α,β-unsaturated/α-hetero) is 1. The summed E-state index contributed by atoms with van der Waals surface area (Å²) in [6.45, 7) is 7.27. The minimum atomic E-state index is -1.12. The molecule has 2 atom stereocenters. The number of carbonyl (C=O) groups excluding carboxylic acids is 1. The monoisotopic (exact) mass is 409 g/mol. The SMILES string of the molecule is CC[NH+]1CC[NH+]([C@@H](c2ccc(OC)cc2)[C@H](O)C(=O)c2c[nH]c3ccccc23)CC1. The second kappa shape index (κ2) is 9.00. The fourth-order valence-corrected chi connectivity index (χ4v) is 4.63. The van der Waals surface area contributed by atoms with Gasteiger partial charge in [-0.15, -0.1) is 0 Å². The van der Waals surface area contributed by atoms with E-state index in [1.54, 1.807) is 18.2 Å². The number of ketones is 1. The van der Waals surface area contributed by atoms with Crippen molar-refractivity contribution < 1.29 is 24.4 Å². The van der Waals surface area contributed by atoms with Crippen LogP contribution in [0, 0.1) is 0 Å². The number of hydrogen-bond donors (Lipinski definition) is 4. The zero-order chi connectivity index (χ0) is 21.1. The lowest BCUT2D eigenvalue weighted by Crippen LogP contribution is -3.28. The van der Waals surface area contributed by atoms with Gasteiger partial charge in [0.2, 0.25) is 0 Å². The Morgan fingerprint density at radius 2 is 1.80 bits per heavy atom. The number of methoxy groups -OCH3 is 1. The smallest absolute Gasteiger partial charge is 0.199 e. The Labute approximate surface area is 177 Å². The summed E-state index contributed by atoms with van der Waals surface area (Å²) in [7, 11) is 1.64. The van der Waals surface area contributed by atoms with Gasteiger partial charge in [-0.05, 0) is 37.3 Å². The van der Waals surface area contributed by atoms with E-state index in [9.17, 15) is 9.90 Å². The van der Waals surface area contributed by atoms with E-state index in [-0.39, 0.29) is 11.8 Å². The number of hydrogen-bond acceptors (Lipinski definition) is 3. The van der Waals surface area contributed by atoms with Crippen molar-refractivity contribution in [1.82, 2.24) is 4.98 Å². The molecule has 0 saturated carbocycles. The van der Waals surface area contributed by atoms with Crippen LogP contribution in [0.3, 0.4) is 0 Å². The topological polar surface area (TPSA) is 71.2 Å². The molecule has 30 heavy (non-hydrogen) atoms. The van der Waals surface area contributed by atoms with E-state index in [1.165, 1.54) is 4.90 Å². The highest BCUT2D eigenvalue weighted by Crippen LogP contribution is 2.24. The average Bonchev–Trinajstić information content (AvgIpc) is 3.24. The van der Waals surface area contributed by atoms with E-state index in [0.29, 0.717) is 5.56 Å². The number of carbonyl (C=O) groups is 1. The van der Waals surface area contributed by atoms with Crippen molar-refractivity contribution in [2.75, 3.05) is 39.8 Å². The van der Waals surface area contributed by atoms with Gasteiger partial charge in [0.25, 0.3) is 0 Å². The van der Waals surface area contributed by atoms with E-state index in [1.807, 2.05) is 48.5 Å². The molecule has 2 heterocycles. The van der Waals surface area contributed by atoms with Gasteiger partial charge in [0.1, 0.15) is 38.0 Å². The number of aromatic nitrogens is 1. The summed E-state index contributed by atoms with van der Waals surface area (Å²) in [6, 6.07) is 15.2. The summed E-state index contributed by atoms with van der Waals surface area (Å²) in [5, 5.41) is 12.2. The van der Waals surface area contributed by atoms with Crippen molar-refractivity contribution in [2.24, 2.45) is 0 Å². The zero-order valence-corrected chi connectivity index (χ0v) is 17.7. The highest BCUT2D eigenvalue weighted by atomic mass is 16.5. The Hall–Kier alpha value is -2.67. The second-order valence-electron chi connectivity index (χ2n) is 8.07. The van der Waals surface area contributed by atoms with Crippen molar-refractivity contribution in [2.45, 2.75) is 19.1 Å². The van der Waals surface area contributed by atoms with Crippen molar-refractivity contribution in [3.8, 4) is 5.75 Å². The van der Waals surface area contributed by atoms with Gasteiger partial charge in [-0.3, -0.25) is 4.79 Å². The Morgan fingerprint density at radius 3 is 2.47 bits per heavy atom. The van der Waals surface area contributed by atoms with Crippen LogP contribution in [0.15, 0.2) is 54.7 Å². The molecule has 2 aromatic carbocycles. The van der Waals surface area contributed by atoms with Gasteiger partial charge in [0.15, 0.2) is 11.9 Å². The van der Waals surface area contributed by atoms with Gasteiger partial charge in [-0.1, -0.05) is 18.2 Å². The first kappa shape index (κ1) is 20.6. The van der Waals surface area contributed by atoms with Crippen LogP contribution in [0.4, 0.5) is 0 Å². The van der Waals surface area contributed by atoms with Gasteiger partial charge in [-0.25, -0.2) is 0 Å². The minimum Gasteiger partial charge on any atom is -0.497 e. The minimum absolute atomic E-state index is 0.231. The largest absolute Gasteiger partial charge is 0.497 e. The summed E-state index contributed by atoms with van der Waals surface area (Å²) in [4.78, 5) is 19.4. The molecule has 3 aromatic rings. The summed E-state index contributed by atoms with van der Waals surface area (Å²) in [5.41, 5.74) is 2.42. The third kappa shape index (κ3) is 3.99. The summed E-state index contributed by atoms with van der Waals surface area (Å²) < 4.78 is 5.29. The number of H-pyrrole nitrogens is 1. The highest BCUT2D eigenvalue weighted by Gasteiger charge is 2.39. The molecule has 4 rings (SSSR count). The molecule has 0 bridgehead atoms. The maximum Gasteiger partial charge on any atom is 0.199 e. The fraction of sp³-hybridized carbons (Fsp3) is 0.375. The molecule has 1 aromatic heterocycles. The van der Waals surface area contributed by atoms with Crippen molar-refractivity contribution >= 4 is 16.7 Å². The number of piperazine rings is 1. The predicted molar refractivity (Wildman–Crippen MR) is 116 cm³/mol. The molecule has 0 aliphatic carbocycles. The fourth-order valence-electron chi connectivity index (χ4n) is 4.63. The van der Waals surface area contributed by atoms with Gasteiger partial charge in [0, 0.05) is 28.2 Å². The van der Waals surface area contributed by atoms with E-state index >= 15 is 0 Å². The molecule has 6 heteroatoms. The average molecular weight is 410 g/mol. The first-order chi connectivity index (χ1) is 14.6. The normalized spacial score (nSPS) is 21.3. The van der Waals surface area contributed by atoms with Gasteiger partial charge >= 0.3 is 0 Å². The van der Waals surface area contributed by atoms with Crippen LogP contribution in [0.2, 0.25) is 0 Å². The van der Waals surface area contributed by atoms with Crippen LogP contribution >= 0.6 is 0 Å². The molecule has 4 N–H and O–H groups in total. The van der Waals surface area contributed by atoms with E-state index in [4.69, 9.17) is 4.74 Å². The van der Waals surface area contributed by atoms with Crippen LogP contribution in [0.25, 0.3) is 10.9 Å². The predicted octanol–water partition coefficient (Wildman–Crippen LogP) is 0.265. The molecule has 0 radical (unpaired) electrons. The van der Waals surface area contributed by atoms with Crippen molar-refractivity contribution in [3.63, 3.8) is 0 Å². The molecule has 6 nitrogen and oxygen atoms in total. The lowest BCUT2D eigenvalue weighted by molar-refractivity contribution is -1.03. The lowest BCUT2D eigenvalue weighted by Gasteiger charge is -2.36. The van der Waals surface area contributed by atoms with Gasteiger partial charge < -0.3 is 24.6 Å². The number of para-hydroxylation sites is 1. The number of quaternary nitrogens is 2. The van der Waals surface area contributed by atoms with Gasteiger partial charge in [-0.2, -0.15) is 0 Å². The lowest BCUT2D eigenvalue weighted by atomic mass is 9.93. The third-order valence-corrected chi connectivity index (χ3v) is 6.45. The number of ether oxygens (including phenoxy) is 1. The van der Waals surface area contributed by atoms with Crippen LogP contribution in [0.1, 0.15) is 28.9 Å². The molecule has 158 valence electrons. The maximum atomic E-state index is 13.4. The molecule has 1 aliphatic heterocycles. The number of rotatable bonds is 7. The third-order valence-electron chi connectivity index (χ3n) is 6.45. The number of likely N-dealkylation sites (N-methyl/N-ethyl adjacent to an activating group) is 1. The van der Waals surface area contributed by atoms with E-state index in [2.05, 4.69) is 11.9 Å². The summed E-state index contributed by atoms with van der Waals surface area (Å²) >= 11 is 0. The molecule has 0 amide bonds. The molecule has 0 unspecified atom stereocenters. The Balaban J connectivity index is 1.66. The molecular weight excluding hydrogens is 378 g/mol. The number of benzene rings is 2. The number of aliphatic hydroxyl groups is 1. The van der Waals surface area contributed by atoms with Crippen molar-refractivity contribution in [3.05, 3.63) is 65.9 Å². The standard InChI is InChI=1S/C24H29N3O3/c1-3-26-12-14-27(15-13-26)22(17-8-10-18(30-2)11-9-17)24(29)23(28)20-16-25-21-7-5-4-6-19(20)21/h4-11,16,22,24-25,29H,3,12-15H2,1-2H3/p+2/t22-,24-/m0/s1. The Kier molecular flexibility index (Phi) is 6.18. The molecule has 1 aliphatic rings. The number of aliphatic hydroxyl groups excluding tert-OH is 1. The van der Waals surface area contributed by atoms with Gasteiger partial charge in [0.05, 0.1) is 13.7 Å². The first-order valence-electron chi connectivity index (χ1n) is 10.7. The highest BCUT2D eigenvalue weighted by molar-refractivity contribution is 6.10. The Bertz CT molecular complexity index is 990. The molecule has 0 spiro atoms.